The third kappa shape index (κ3) is 5.17. The number of esters is 1. The standard InChI is InChI=1S/C12H23NO2.ClH/c1-11(2,3)15-10(14)9-5-7-12(4,13)8-6-9;/h9H,5-8,13H2,1-4H3;1H. The zero-order valence-corrected chi connectivity index (χ0v) is 11.5. The highest BCUT2D eigenvalue weighted by Crippen LogP contribution is 2.31. The molecule has 0 aliphatic heterocycles. The molecule has 4 heteroatoms. The van der Waals surface area contributed by atoms with Crippen molar-refractivity contribution in [2.45, 2.75) is 64.5 Å². The van der Waals surface area contributed by atoms with Crippen molar-refractivity contribution in [2.75, 3.05) is 0 Å². The van der Waals surface area contributed by atoms with Gasteiger partial charge in [-0.3, -0.25) is 4.79 Å². The lowest BCUT2D eigenvalue weighted by atomic mass is 9.78. The largest absolute Gasteiger partial charge is 0.460 e. The summed E-state index contributed by atoms with van der Waals surface area (Å²) in [6, 6.07) is 0. The van der Waals surface area contributed by atoms with Crippen molar-refractivity contribution in [2.24, 2.45) is 11.7 Å². The van der Waals surface area contributed by atoms with Gasteiger partial charge in [0, 0.05) is 5.54 Å². The molecular weight excluding hydrogens is 226 g/mol. The Labute approximate surface area is 105 Å². The first-order chi connectivity index (χ1) is 6.70. The van der Waals surface area contributed by atoms with E-state index >= 15 is 0 Å². The van der Waals surface area contributed by atoms with Crippen molar-refractivity contribution >= 4 is 18.4 Å². The molecule has 2 N–H and O–H groups in total. The molecule has 0 amide bonds. The number of hydrogen-bond acceptors (Lipinski definition) is 3. The van der Waals surface area contributed by atoms with Gasteiger partial charge in [-0.05, 0) is 53.4 Å². The highest BCUT2D eigenvalue weighted by molar-refractivity contribution is 5.85. The molecule has 1 fully saturated rings. The van der Waals surface area contributed by atoms with Gasteiger partial charge in [-0.15, -0.1) is 12.4 Å². The Morgan fingerprint density at radius 1 is 1.31 bits per heavy atom. The number of halogens is 1. The van der Waals surface area contributed by atoms with Gasteiger partial charge in [0.2, 0.25) is 0 Å². The minimum absolute atomic E-state index is 0. The lowest BCUT2D eigenvalue weighted by Gasteiger charge is -2.34. The van der Waals surface area contributed by atoms with Gasteiger partial charge in [0.25, 0.3) is 0 Å². The third-order valence-electron chi connectivity index (χ3n) is 2.87. The van der Waals surface area contributed by atoms with Crippen LogP contribution >= 0.6 is 12.4 Å². The predicted molar refractivity (Wildman–Crippen MR) is 67.6 cm³/mol. The van der Waals surface area contributed by atoms with Crippen LogP contribution in [-0.2, 0) is 9.53 Å². The van der Waals surface area contributed by atoms with Crippen LogP contribution in [0.3, 0.4) is 0 Å². The molecule has 1 aliphatic carbocycles. The first kappa shape index (κ1) is 15.7. The second-order valence-electron chi connectivity index (χ2n) is 5.96. The van der Waals surface area contributed by atoms with Crippen molar-refractivity contribution in [1.29, 1.82) is 0 Å². The number of hydrogen-bond donors (Lipinski definition) is 1. The van der Waals surface area contributed by atoms with E-state index in [0.29, 0.717) is 0 Å². The van der Waals surface area contributed by atoms with Crippen LogP contribution in [0.1, 0.15) is 53.4 Å². The Balaban J connectivity index is 0.00000225. The summed E-state index contributed by atoms with van der Waals surface area (Å²) in [6.45, 7) is 7.76. The minimum Gasteiger partial charge on any atom is -0.460 e. The monoisotopic (exact) mass is 249 g/mol. The summed E-state index contributed by atoms with van der Waals surface area (Å²) >= 11 is 0. The third-order valence-corrected chi connectivity index (χ3v) is 2.87. The first-order valence-electron chi connectivity index (χ1n) is 5.71. The second-order valence-corrected chi connectivity index (χ2v) is 5.96. The number of carbonyl (C=O) groups is 1. The quantitative estimate of drug-likeness (QED) is 0.727. The Kier molecular flexibility index (Phi) is 5.27. The maximum Gasteiger partial charge on any atom is 0.309 e. The molecule has 0 saturated heterocycles. The topological polar surface area (TPSA) is 52.3 Å². The zero-order chi connectivity index (χ0) is 11.7. The van der Waals surface area contributed by atoms with Crippen molar-refractivity contribution in [3.63, 3.8) is 0 Å². The van der Waals surface area contributed by atoms with Crippen LogP contribution < -0.4 is 5.73 Å². The van der Waals surface area contributed by atoms with E-state index in [-0.39, 0.29) is 35.4 Å². The van der Waals surface area contributed by atoms with Crippen LogP contribution in [0.25, 0.3) is 0 Å². The summed E-state index contributed by atoms with van der Waals surface area (Å²) in [7, 11) is 0. The summed E-state index contributed by atoms with van der Waals surface area (Å²) < 4.78 is 5.37. The lowest BCUT2D eigenvalue weighted by Crippen LogP contribution is -2.42. The molecule has 1 rings (SSSR count). The van der Waals surface area contributed by atoms with Crippen molar-refractivity contribution in [3.8, 4) is 0 Å². The highest BCUT2D eigenvalue weighted by atomic mass is 35.5. The van der Waals surface area contributed by atoms with Gasteiger partial charge in [-0.2, -0.15) is 0 Å². The van der Waals surface area contributed by atoms with E-state index in [9.17, 15) is 4.79 Å². The Bertz CT molecular complexity index is 236. The Hall–Kier alpha value is -0.280. The summed E-state index contributed by atoms with van der Waals surface area (Å²) in [5.74, 6) is -0.00106. The molecule has 1 saturated carbocycles. The van der Waals surface area contributed by atoms with Crippen LogP contribution in [0.2, 0.25) is 0 Å². The Morgan fingerprint density at radius 2 is 1.75 bits per heavy atom. The smallest absolute Gasteiger partial charge is 0.309 e. The number of ether oxygens (including phenoxy) is 1. The van der Waals surface area contributed by atoms with Crippen LogP contribution in [0, 0.1) is 5.92 Å². The van der Waals surface area contributed by atoms with Crippen molar-refractivity contribution in [1.82, 2.24) is 0 Å². The fraction of sp³-hybridized carbons (Fsp3) is 0.917. The summed E-state index contributed by atoms with van der Waals surface area (Å²) in [4.78, 5) is 11.8. The summed E-state index contributed by atoms with van der Waals surface area (Å²) in [5.41, 5.74) is 5.56. The van der Waals surface area contributed by atoms with Crippen LogP contribution in [0.15, 0.2) is 0 Å². The highest BCUT2D eigenvalue weighted by Gasteiger charge is 2.33. The average molecular weight is 250 g/mol. The van der Waals surface area contributed by atoms with Gasteiger partial charge in [-0.25, -0.2) is 0 Å². The van der Waals surface area contributed by atoms with Gasteiger partial charge in [-0.1, -0.05) is 0 Å². The van der Waals surface area contributed by atoms with Crippen LogP contribution in [0.4, 0.5) is 0 Å². The van der Waals surface area contributed by atoms with E-state index in [1.54, 1.807) is 0 Å². The molecule has 16 heavy (non-hydrogen) atoms. The van der Waals surface area contributed by atoms with Crippen molar-refractivity contribution in [3.05, 3.63) is 0 Å². The van der Waals surface area contributed by atoms with Crippen LogP contribution in [-0.4, -0.2) is 17.1 Å². The molecule has 0 heterocycles. The van der Waals surface area contributed by atoms with E-state index in [2.05, 4.69) is 6.92 Å². The normalized spacial score (nSPS) is 30.4. The fourth-order valence-corrected chi connectivity index (χ4v) is 1.90. The number of rotatable bonds is 1. The van der Waals surface area contributed by atoms with Gasteiger partial charge in [0.1, 0.15) is 5.60 Å². The van der Waals surface area contributed by atoms with Gasteiger partial charge >= 0.3 is 5.97 Å². The molecule has 0 aromatic heterocycles. The van der Waals surface area contributed by atoms with E-state index in [1.165, 1.54) is 0 Å². The molecule has 0 bridgehead atoms. The molecule has 0 aromatic rings. The predicted octanol–water partition coefficient (Wildman–Crippen LogP) is 2.66. The number of carbonyl (C=O) groups excluding carboxylic acids is 1. The van der Waals surface area contributed by atoms with Gasteiger partial charge < -0.3 is 10.5 Å². The van der Waals surface area contributed by atoms with E-state index in [0.717, 1.165) is 25.7 Å². The summed E-state index contributed by atoms with van der Waals surface area (Å²) in [6.07, 6.45) is 3.55. The maximum absolute atomic E-state index is 11.8. The lowest BCUT2D eigenvalue weighted by molar-refractivity contribution is -0.161. The SMILES string of the molecule is CC1(N)CCC(C(=O)OC(C)(C)C)CC1.Cl. The van der Waals surface area contributed by atoms with Crippen molar-refractivity contribution < 1.29 is 9.53 Å². The molecule has 0 atom stereocenters. The Morgan fingerprint density at radius 3 is 2.12 bits per heavy atom. The first-order valence-corrected chi connectivity index (χ1v) is 5.71. The molecule has 3 nitrogen and oxygen atoms in total. The maximum atomic E-state index is 11.8. The zero-order valence-electron chi connectivity index (χ0n) is 10.7. The van der Waals surface area contributed by atoms with Crippen LogP contribution in [0.5, 0.6) is 0 Å². The molecule has 1 aliphatic rings. The van der Waals surface area contributed by atoms with Gasteiger partial charge in [0.05, 0.1) is 5.92 Å². The van der Waals surface area contributed by atoms with E-state index in [4.69, 9.17) is 10.5 Å². The van der Waals surface area contributed by atoms with Gasteiger partial charge in [0.15, 0.2) is 0 Å². The van der Waals surface area contributed by atoms with E-state index < -0.39 is 0 Å². The average Bonchev–Trinajstić information content (AvgIpc) is 2.00. The molecule has 0 radical (unpaired) electrons. The molecule has 0 unspecified atom stereocenters. The fourth-order valence-electron chi connectivity index (χ4n) is 1.90. The number of nitrogens with two attached hydrogens (primary N) is 1. The molecule has 96 valence electrons. The molecule has 0 aromatic carbocycles. The summed E-state index contributed by atoms with van der Waals surface area (Å²) in [5, 5.41) is 0. The second kappa shape index (κ2) is 5.37. The minimum atomic E-state index is -0.374. The molecule has 0 spiro atoms. The molecular formula is C12H24ClNO2. The van der Waals surface area contributed by atoms with E-state index in [1.807, 2.05) is 20.8 Å².